The average molecular weight is 362 g/mol. The van der Waals surface area contributed by atoms with E-state index in [1.54, 1.807) is 0 Å². The normalized spacial score (nSPS) is 32.5. The summed E-state index contributed by atoms with van der Waals surface area (Å²) in [5, 5.41) is 41.9. The summed E-state index contributed by atoms with van der Waals surface area (Å²) in [6, 6.07) is 18.5. The lowest BCUT2D eigenvalue weighted by Gasteiger charge is -2.48. The van der Waals surface area contributed by atoms with Crippen LogP contribution in [0, 0.1) is 0 Å². The molecule has 134 valence electrons. The first-order chi connectivity index (χ1) is 12.0. The second-order valence-corrected chi connectivity index (χ2v) is 7.37. The second-order valence-electron chi connectivity index (χ2n) is 6.20. The third kappa shape index (κ3) is 3.89. The maximum Gasteiger partial charge on any atom is 0.137 e. The molecular weight excluding hydrogens is 340 g/mol. The van der Waals surface area contributed by atoms with Crippen LogP contribution in [-0.4, -0.2) is 56.4 Å². The highest BCUT2D eigenvalue weighted by atomic mass is 32.2. The van der Waals surface area contributed by atoms with Crippen molar-refractivity contribution in [3.05, 3.63) is 66.2 Å². The summed E-state index contributed by atoms with van der Waals surface area (Å²) in [6.07, 6.45) is -3.64. The van der Waals surface area contributed by atoms with Crippen LogP contribution < -0.4 is 0 Å². The van der Waals surface area contributed by atoms with Gasteiger partial charge in [-0.3, -0.25) is 0 Å². The Morgan fingerprint density at radius 1 is 0.920 bits per heavy atom. The minimum atomic E-state index is -1.82. The summed E-state index contributed by atoms with van der Waals surface area (Å²) in [7, 11) is 0. The molecule has 1 aliphatic heterocycles. The number of aliphatic hydroxyl groups is 4. The van der Waals surface area contributed by atoms with Gasteiger partial charge in [0.05, 0.1) is 6.61 Å². The van der Waals surface area contributed by atoms with E-state index in [2.05, 4.69) is 0 Å². The first-order valence-electron chi connectivity index (χ1n) is 8.15. The summed E-state index contributed by atoms with van der Waals surface area (Å²) < 4.78 is 5.65. The fourth-order valence-corrected chi connectivity index (χ4v) is 4.20. The Morgan fingerprint density at radius 3 is 2.12 bits per heavy atom. The van der Waals surface area contributed by atoms with E-state index in [1.165, 1.54) is 11.8 Å². The van der Waals surface area contributed by atoms with Gasteiger partial charge in [-0.05, 0) is 17.7 Å². The van der Waals surface area contributed by atoms with Crippen LogP contribution in [0.4, 0.5) is 0 Å². The van der Waals surface area contributed by atoms with E-state index in [4.69, 9.17) is 4.74 Å². The number of ether oxygens (including phenoxy) is 1. The van der Waals surface area contributed by atoms with Crippen LogP contribution in [0.1, 0.15) is 5.56 Å². The molecule has 0 aliphatic carbocycles. The first-order valence-corrected chi connectivity index (χ1v) is 9.03. The highest BCUT2D eigenvalue weighted by Crippen LogP contribution is 2.39. The molecule has 1 saturated heterocycles. The largest absolute Gasteiger partial charge is 0.394 e. The van der Waals surface area contributed by atoms with Crippen LogP contribution in [0.25, 0.3) is 0 Å². The SMILES string of the molecule is OC[C@H]1O[C@@H](Sc2ccccc2)[C@@H](O)[C@@](O)(Cc2ccccc2)[C@H]1O. The lowest BCUT2D eigenvalue weighted by molar-refractivity contribution is -0.255. The average Bonchev–Trinajstić information content (AvgIpc) is 2.64. The van der Waals surface area contributed by atoms with E-state index in [9.17, 15) is 20.4 Å². The molecule has 0 spiro atoms. The monoisotopic (exact) mass is 362 g/mol. The van der Waals surface area contributed by atoms with Gasteiger partial charge in [-0.1, -0.05) is 60.3 Å². The molecule has 1 heterocycles. The number of thioether (sulfide) groups is 1. The third-order valence-electron chi connectivity index (χ3n) is 4.45. The molecule has 0 unspecified atom stereocenters. The van der Waals surface area contributed by atoms with Gasteiger partial charge in [0, 0.05) is 11.3 Å². The predicted molar refractivity (Wildman–Crippen MR) is 95.2 cm³/mol. The zero-order chi connectivity index (χ0) is 17.9. The molecule has 0 saturated carbocycles. The quantitative estimate of drug-likeness (QED) is 0.639. The topological polar surface area (TPSA) is 90.2 Å². The van der Waals surface area contributed by atoms with Crippen LogP contribution in [-0.2, 0) is 11.2 Å². The Balaban J connectivity index is 1.86. The summed E-state index contributed by atoms with van der Waals surface area (Å²) >= 11 is 1.25. The van der Waals surface area contributed by atoms with Crippen molar-refractivity contribution in [3.8, 4) is 0 Å². The number of hydrogen-bond donors (Lipinski definition) is 4. The van der Waals surface area contributed by atoms with Crippen molar-refractivity contribution >= 4 is 11.8 Å². The van der Waals surface area contributed by atoms with E-state index in [1.807, 2.05) is 60.7 Å². The standard InChI is InChI=1S/C19H22O5S/c20-12-15-16(21)19(23,11-13-7-3-1-4-8-13)17(22)18(24-15)25-14-9-5-2-6-10-14/h1-10,15-18,20-23H,11-12H2/t15-,16+,17-,18+,19-/m1/s1. The second kappa shape index (κ2) is 7.86. The van der Waals surface area contributed by atoms with Gasteiger partial charge in [0.1, 0.15) is 29.3 Å². The molecule has 1 fully saturated rings. The zero-order valence-electron chi connectivity index (χ0n) is 13.6. The van der Waals surface area contributed by atoms with Gasteiger partial charge in [-0.25, -0.2) is 0 Å². The number of benzene rings is 2. The Labute approximate surface area is 150 Å². The molecule has 5 atom stereocenters. The summed E-state index contributed by atoms with van der Waals surface area (Å²) in [4.78, 5) is 0.863. The Kier molecular flexibility index (Phi) is 5.78. The molecule has 1 aliphatic rings. The van der Waals surface area contributed by atoms with Gasteiger partial charge in [0.15, 0.2) is 0 Å². The molecule has 0 amide bonds. The molecule has 25 heavy (non-hydrogen) atoms. The van der Waals surface area contributed by atoms with Gasteiger partial charge in [-0.2, -0.15) is 0 Å². The highest BCUT2D eigenvalue weighted by molar-refractivity contribution is 7.99. The van der Waals surface area contributed by atoms with E-state index in [0.29, 0.717) is 0 Å². The predicted octanol–water partition coefficient (Wildman–Crippen LogP) is 1.19. The van der Waals surface area contributed by atoms with Gasteiger partial charge < -0.3 is 25.2 Å². The molecule has 0 bridgehead atoms. The van der Waals surface area contributed by atoms with Gasteiger partial charge in [-0.15, -0.1) is 0 Å². The molecule has 0 radical (unpaired) electrons. The maximum absolute atomic E-state index is 11.1. The molecule has 4 N–H and O–H groups in total. The summed E-state index contributed by atoms with van der Waals surface area (Å²) in [5.74, 6) is 0. The minimum Gasteiger partial charge on any atom is -0.394 e. The third-order valence-corrected chi connectivity index (χ3v) is 5.59. The number of hydrogen-bond acceptors (Lipinski definition) is 6. The lowest BCUT2D eigenvalue weighted by Crippen LogP contribution is -2.67. The van der Waals surface area contributed by atoms with Crippen LogP contribution in [0.3, 0.4) is 0 Å². The Hall–Kier alpha value is -1.41. The van der Waals surface area contributed by atoms with Crippen molar-refractivity contribution in [2.24, 2.45) is 0 Å². The molecular formula is C19H22O5S. The molecule has 2 aromatic carbocycles. The van der Waals surface area contributed by atoms with Crippen molar-refractivity contribution < 1.29 is 25.2 Å². The van der Waals surface area contributed by atoms with E-state index < -0.39 is 36.0 Å². The Morgan fingerprint density at radius 2 is 1.52 bits per heavy atom. The van der Waals surface area contributed by atoms with E-state index in [-0.39, 0.29) is 6.42 Å². The minimum absolute atomic E-state index is 0.0574. The van der Waals surface area contributed by atoms with E-state index in [0.717, 1.165) is 10.5 Å². The maximum atomic E-state index is 11.1. The smallest absolute Gasteiger partial charge is 0.137 e. The van der Waals surface area contributed by atoms with Crippen molar-refractivity contribution in [2.75, 3.05) is 6.61 Å². The lowest BCUT2D eigenvalue weighted by atomic mass is 9.80. The molecule has 2 aromatic rings. The van der Waals surface area contributed by atoms with Gasteiger partial charge >= 0.3 is 0 Å². The Bertz CT molecular complexity index is 668. The van der Waals surface area contributed by atoms with Crippen molar-refractivity contribution in [1.29, 1.82) is 0 Å². The number of aliphatic hydroxyl groups excluding tert-OH is 3. The van der Waals surface area contributed by atoms with Crippen molar-refractivity contribution in [3.63, 3.8) is 0 Å². The highest BCUT2D eigenvalue weighted by Gasteiger charge is 2.54. The number of rotatable bonds is 5. The fraction of sp³-hybridized carbons (Fsp3) is 0.368. The van der Waals surface area contributed by atoms with Gasteiger partial charge in [0.2, 0.25) is 0 Å². The first kappa shape index (κ1) is 18.4. The van der Waals surface area contributed by atoms with Crippen molar-refractivity contribution in [2.45, 2.75) is 40.7 Å². The molecule has 3 rings (SSSR count). The van der Waals surface area contributed by atoms with Gasteiger partial charge in [0.25, 0.3) is 0 Å². The van der Waals surface area contributed by atoms with Crippen LogP contribution in [0.15, 0.2) is 65.6 Å². The summed E-state index contributed by atoms with van der Waals surface area (Å²) in [6.45, 7) is -0.448. The fourth-order valence-electron chi connectivity index (χ4n) is 3.05. The van der Waals surface area contributed by atoms with E-state index >= 15 is 0 Å². The van der Waals surface area contributed by atoms with Crippen LogP contribution >= 0.6 is 11.8 Å². The molecule has 6 heteroatoms. The van der Waals surface area contributed by atoms with Crippen LogP contribution in [0.5, 0.6) is 0 Å². The van der Waals surface area contributed by atoms with Crippen molar-refractivity contribution in [1.82, 2.24) is 0 Å². The zero-order valence-corrected chi connectivity index (χ0v) is 14.4. The van der Waals surface area contributed by atoms with Crippen LogP contribution in [0.2, 0.25) is 0 Å². The molecule has 5 nitrogen and oxygen atoms in total. The molecule has 0 aromatic heterocycles. The summed E-state index contributed by atoms with van der Waals surface area (Å²) in [5.41, 5.74) is -1.85.